The molecule has 4 aliphatic rings. The van der Waals surface area contributed by atoms with Crippen LogP contribution in [0, 0.1) is 18.2 Å². The maximum absolute atomic E-state index is 14.7. The van der Waals surface area contributed by atoms with E-state index in [-0.39, 0.29) is 18.5 Å². The summed E-state index contributed by atoms with van der Waals surface area (Å²) in [6.45, 7) is 7.24. The van der Waals surface area contributed by atoms with E-state index in [1.807, 2.05) is 10.3 Å². The summed E-state index contributed by atoms with van der Waals surface area (Å²) in [7, 11) is 0. The lowest BCUT2D eigenvalue weighted by atomic mass is 9.92. The van der Waals surface area contributed by atoms with Gasteiger partial charge in [-0.05, 0) is 56.1 Å². The summed E-state index contributed by atoms with van der Waals surface area (Å²) in [6, 6.07) is 4.17. The molecular formula is C29H33FN6O4S2. The smallest absolute Gasteiger partial charge is 0.338 e. The van der Waals surface area contributed by atoms with Crippen molar-refractivity contribution >= 4 is 46.4 Å². The van der Waals surface area contributed by atoms with Crippen LogP contribution in [-0.4, -0.2) is 99.6 Å². The van der Waals surface area contributed by atoms with Gasteiger partial charge in [-0.15, -0.1) is 11.3 Å². The van der Waals surface area contributed by atoms with Crippen molar-refractivity contribution in [2.45, 2.75) is 38.8 Å². The first-order valence-corrected chi connectivity index (χ1v) is 15.4. The van der Waals surface area contributed by atoms with Gasteiger partial charge in [0, 0.05) is 56.5 Å². The van der Waals surface area contributed by atoms with Gasteiger partial charge < -0.3 is 25.0 Å². The van der Waals surface area contributed by atoms with Crippen molar-refractivity contribution in [1.82, 2.24) is 25.0 Å². The van der Waals surface area contributed by atoms with Gasteiger partial charge in [0.1, 0.15) is 11.9 Å². The fourth-order valence-corrected chi connectivity index (χ4v) is 7.03. The molecule has 6 rings (SSSR count). The van der Waals surface area contributed by atoms with Crippen LogP contribution in [0.4, 0.5) is 4.39 Å². The summed E-state index contributed by atoms with van der Waals surface area (Å²) in [5.41, 5.74) is 1.35. The van der Waals surface area contributed by atoms with Gasteiger partial charge in [0.25, 0.3) is 0 Å². The summed E-state index contributed by atoms with van der Waals surface area (Å²) in [6.07, 6.45) is 3.06. The number of carbonyl (C=O) groups is 2. The highest BCUT2D eigenvalue weighted by atomic mass is 32.1. The van der Waals surface area contributed by atoms with Gasteiger partial charge in [-0.25, -0.2) is 14.2 Å². The van der Waals surface area contributed by atoms with E-state index >= 15 is 0 Å². The first-order valence-electron chi connectivity index (χ1n) is 14.1. The standard InChI is InChI=1S/C29H33FN6O4S2/c1-3-40-26(37)22-21(32-24(25-31-9-12-42-25)33-23(22)19-5-4-6-20(30)17(19)2)15-34-10-11-36-18(13-34)14-35(28(36)41)16-29(7-8-29)27(38)39/h4-6,9,12,18,23H,3,7-8,10-11,13-16H2,1-2H3,(H,32,33)(H,38,39)/t18-,23+/m1/s1. The monoisotopic (exact) mass is 612 g/mol. The maximum Gasteiger partial charge on any atom is 0.338 e. The molecule has 3 fully saturated rings. The number of thiocarbonyl (C=S) groups is 1. The molecule has 0 spiro atoms. The normalized spacial score (nSPS) is 23.4. The number of benzene rings is 1. The minimum atomic E-state index is -0.767. The van der Waals surface area contributed by atoms with E-state index in [1.54, 1.807) is 32.2 Å². The molecule has 4 heterocycles. The number of hydrogen-bond donors (Lipinski definition) is 2. The molecule has 0 radical (unpaired) electrons. The van der Waals surface area contributed by atoms with Crippen LogP contribution in [0.25, 0.3) is 0 Å². The number of rotatable bonds is 9. The maximum atomic E-state index is 14.7. The fourth-order valence-electron chi connectivity index (χ4n) is 6.06. The highest BCUT2D eigenvalue weighted by Crippen LogP contribution is 2.47. The molecule has 1 aliphatic carbocycles. The van der Waals surface area contributed by atoms with Gasteiger partial charge in [0.15, 0.2) is 16.0 Å². The second-order valence-corrected chi connectivity index (χ2v) is 12.5. The van der Waals surface area contributed by atoms with E-state index in [4.69, 9.17) is 21.9 Å². The Hall–Kier alpha value is -3.42. The quantitative estimate of drug-likeness (QED) is 0.324. The van der Waals surface area contributed by atoms with Crippen molar-refractivity contribution < 1.29 is 23.8 Å². The number of fused-ring (bicyclic) bond motifs is 1. The molecule has 1 aromatic heterocycles. The SMILES string of the molecule is CCOC(=O)C1=C(CN2CCN3C(=S)N(CC4(C(=O)O)CC4)C[C@H]3C2)NC(c2nccs2)=N[C@H]1c1cccc(F)c1C. The van der Waals surface area contributed by atoms with Gasteiger partial charge in [0.05, 0.1) is 23.6 Å². The number of esters is 1. The summed E-state index contributed by atoms with van der Waals surface area (Å²) >= 11 is 7.19. The van der Waals surface area contributed by atoms with Crippen LogP contribution in [0.5, 0.6) is 0 Å². The molecule has 2 atom stereocenters. The molecule has 2 aromatic rings. The number of aliphatic carboxylic acids is 1. The summed E-state index contributed by atoms with van der Waals surface area (Å²) in [5, 5.41) is 16.3. The number of piperazine rings is 1. The number of carboxylic acid groups (broad SMARTS) is 1. The zero-order chi connectivity index (χ0) is 29.6. The zero-order valence-corrected chi connectivity index (χ0v) is 25.1. The number of carbonyl (C=O) groups excluding carboxylic acids is 1. The van der Waals surface area contributed by atoms with Crippen LogP contribution in [-0.2, 0) is 14.3 Å². The number of aliphatic imine (C=N–C) groups is 1. The van der Waals surface area contributed by atoms with E-state index < -0.39 is 23.4 Å². The predicted molar refractivity (Wildman–Crippen MR) is 160 cm³/mol. The van der Waals surface area contributed by atoms with E-state index in [0.29, 0.717) is 90.5 Å². The fraction of sp³-hybridized carbons (Fsp3) is 0.483. The molecule has 222 valence electrons. The molecule has 0 bridgehead atoms. The third-order valence-electron chi connectivity index (χ3n) is 8.56. The van der Waals surface area contributed by atoms with E-state index in [1.165, 1.54) is 17.4 Å². The van der Waals surface area contributed by atoms with E-state index in [9.17, 15) is 19.1 Å². The second-order valence-electron chi connectivity index (χ2n) is 11.2. The molecule has 2 saturated heterocycles. The van der Waals surface area contributed by atoms with Crippen molar-refractivity contribution in [3.8, 4) is 0 Å². The zero-order valence-electron chi connectivity index (χ0n) is 23.5. The number of nitrogens with zero attached hydrogens (tertiary/aromatic N) is 5. The third-order valence-corrected chi connectivity index (χ3v) is 9.83. The molecule has 42 heavy (non-hydrogen) atoms. The molecule has 1 saturated carbocycles. The Bertz CT molecular complexity index is 1470. The van der Waals surface area contributed by atoms with Gasteiger partial charge >= 0.3 is 11.9 Å². The highest BCUT2D eigenvalue weighted by molar-refractivity contribution is 7.80. The molecule has 2 N–H and O–H groups in total. The largest absolute Gasteiger partial charge is 0.481 e. The summed E-state index contributed by atoms with van der Waals surface area (Å²) < 4.78 is 20.2. The summed E-state index contributed by atoms with van der Waals surface area (Å²) in [4.78, 5) is 41.1. The summed E-state index contributed by atoms with van der Waals surface area (Å²) in [5.74, 6) is -1.09. The lowest BCUT2D eigenvalue weighted by molar-refractivity contribution is -0.143. The molecular weight excluding hydrogens is 579 g/mol. The van der Waals surface area contributed by atoms with Crippen LogP contribution in [0.3, 0.4) is 0 Å². The molecule has 1 aromatic carbocycles. The van der Waals surface area contributed by atoms with Crippen LogP contribution in [0.15, 0.2) is 46.0 Å². The molecule has 0 unspecified atom stereocenters. The Kier molecular flexibility index (Phi) is 7.75. The lowest BCUT2D eigenvalue weighted by Gasteiger charge is -2.38. The number of hydrogen-bond acceptors (Lipinski definition) is 9. The van der Waals surface area contributed by atoms with Crippen LogP contribution in [0.2, 0.25) is 0 Å². The molecule has 13 heteroatoms. The Balaban J connectivity index is 1.29. The number of thiazole rings is 1. The average molecular weight is 613 g/mol. The third kappa shape index (κ3) is 5.29. The number of halogens is 1. The lowest BCUT2D eigenvalue weighted by Crippen LogP contribution is -2.53. The number of carboxylic acids is 1. The highest BCUT2D eigenvalue weighted by Gasteiger charge is 2.53. The van der Waals surface area contributed by atoms with Crippen molar-refractivity contribution in [3.63, 3.8) is 0 Å². The van der Waals surface area contributed by atoms with E-state index in [2.05, 4.69) is 20.1 Å². The molecule has 0 amide bonds. The van der Waals surface area contributed by atoms with Gasteiger partial charge in [-0.1, -0.05) is 12.1 Å². The Labute approximate surface area is 252 Å². The van der Waals surface area contributed by atoms with Crippen LogP contribution < -0.4 is 5.32 Å². The predicted octanol–water partition coefficient (Wildman–Crippen LogP) is 2.95. The van der Waals surface area contributed by atoms with Crippen molar-refractivity contribution in [2.24, 2.45) is 10.4 Å². The van der Waals surface area contributed by atoms with E-state index in [0.717, 1.165) is 0 Å². The number of amidine groups is 1. The topological polar surface area (TPSA) is 111 Å². The first-order chi connectivity index (χ1) is 20.2. The number of ether oxygens (including phenoxy) is 1. The molecule has 10 nitrogen and oxygen atoms in total. The van der Waals surface area contributed by atoms with Gasteiger partial charge in [-0.2, -0.15) is 0 Å². The van der Waals surface area contributed by atoms with Crippen molar-refractivity contribution in [2.75, 3.05) is 45.9 Å². The van der Waals surface area contributed by atoms with Crippen LogP contribution in [0.1, 0.15) is 41.9 Å². The number of aromatic nitrogens is 1. The minimum Gasteiger partial charge on any atom is -0.481 e. The Morgan fingerprint density at radius 3 is 2.79 bits per heavy atom. The Morgan fingerprint density at radius 1 is 1.29 bits per heavy atom. The van der Waals surface area contributed by atoms with Gasteiger partial charge in [0.2, 0.25) is 0 Å². The van der Waals surface area contributed by atoms with Gasteiger partial charge in [-0.3, -0.25) is 14.7 Å². The second kappa shape index (κ2) is 11.3. The van der Waals surface area contributed by atoms with Crippen LogP contribution >= 0.6 is 23.6 Å². The van der Waals surface area contributed by atoms with Crippen molar-refractivity contribution in [3.05, 3.63) is 63.0 Å². The van der Waals surface area contributed by atoms with Crippen molar-refractivity contribution in [1.29, 1.82) is 0 Å². The minimum absolute atomic E-state index is 0.111. The Morgan fingerprint density at radius 2 is 2.10 bits per heavy atom. The molecule has 3 aliphatic heterocycles. The number of nitrogens with one attached hydrogen (secondary N) is 1. The average Bonchev–Trinajstić information content (AvgIpc) is 3.41. The first kappa shape index (κ1) is 28.7.